The Bertz CT molecular complexity index is 549. The molecule has 2 N–H and O–H groups in total. The summed E-state index contributed by atoms with van der Waals surface area (Å²) in [6.45, 7) is 4.29. The van der Waals surface area contributed by atoms with E-state index in [0.717, 1.165) is 62.5 Å². The maximum Gasteiger partial charge on any atom is 0.336 e. The lowest BCUT2D eigenvalue weighted by Gasteiger charge is -2.15. The fourth-order valence-electron chi connectivity index (χ4n) is 3.10. The molecular formula is C20H30O4. The molecule has 4 nitrogen and oxygen atoms in total. The summed E-state index contributed by atoms with van der Waals surface area (Å²) < 4.78 is 0. The van der Waals surface area contributed by atoms with Gasteiger partial charge in [0.1, 0.15) is 0 Å². The molecule has 0 fully saturated rings. The van der Waals surface area contributed by atoms with Gasteiger partial charge in [0, 0.05) is 0 Å². The summed E-state index contributed by atoms with van der Waals surface area (Å²) in [4.78, 5) is 23.1. The molecule has 1 aromatic carbocycles. The van der Waals surface area contributed by atoms with Crippen molar-refractivity contribution in [3.63, 3.8) is 0 Å². The van der Waals surface area contributed by atoms with E-state index in [2.05, 4.69) is 13.8 Å². The fourth-order valence-corrected chi connectivity index (χ4v) is 3.10. The second-order valence-corrected chi connectivity index (χ2v) is 6.36. The summed E-state index contributed by atoms with van der Waals surface area (Å²) in [5, 5.41) is 18.9. The van der Waals surface area contributed by atoms with Crippen molar-refractivity contribution in [1.29, 1.82) is 0 Å². The van der Waals surface area contributed by atoms with Crippen LogP contribution in [-0.4, -0.2) is 22.2 Å². The number of benzene rings is 1. The Morgan fingerprint density at radius 1 is 0.792 bits per heavy atom. The maximum atomic E-state index is 11.7. The van der Waals surface area contributed by atoms with Gasteiger partial charge >= 0.3 is 11.9 Å². The van der Waals surface area contributed by atoms with Gasteiger partial charge in [-0.05, 0) is 42.9 Å². The summed E-state index contributed by atoms with van der Waals surface area (Å²) in [6.07, 6.45) is 10.1. The van der Waals surface area contributed by atoms with Crippen molar-refractivity contribution in [3.8, 4) is 0 Å². The molecule has 0 amide bonds. The van der Waals surface area contributed by atoms with Gasteiger partial charge in [0.2, 0.25) is 0 Å². The van der Waals surface area contributed by atoms with Gasteiger partial charge in [0.05, 0.1) is 11.1 Å². The van der Waals surface area contributed by atoms with E-state index in [1.54, 1.807) is 0 Å². The first kappa shape index (κ1) is 20.2. The van der Waals surface area contributed by atoms with Crippen LogP contribution in [0.25, 0.3) is 0 Å². The number of rotatable bonds is 12. The molecule has 1 rings (SSSR count). The van der Waals surface area contributed by atoms with E-state index >= 15 is 0 Å². The van der Waals surface area contributed by atoms with Crippen LogP contribution in [0.4, 0.5) is 0 Å². The third-order valence-electron chi connectivity index (χ3n) is 4.43. The molecule has 0 aliphatic heterocycles. The third-order valence-corrected chi connectivity index (χ3v) is 4.43. The van der Waals surface area contributed by atoms with Crippen LogP contribution in [0.1, 0.15) is 97.1 Å². The number of hydrogen-bond acceptors (Lipinski definition) is 2. The van der Waals surface area contributed by atoms with Gasteiger partial charge in [-0.1, -0.05) is 58.4 Å². The number of carboxylic acid groups (broad SMARTS) is 2. The van der Waals surface area contributed by atoms with E-state index in [0.29, 0.717) is 6.42 Å². The molecule has 0 unspecified atom stereocenters. The zero-order chi connectivity index (χ0) is 17.9. The SMILES string of the molecule is CCCCCCc1ccc(C(=O)O)c(C(=O)O)c1CCCCCC. The molecule has 0 heterocycles. The van der Waals surface area contributed by atoms with Gasteiger partial charge in [0.25, 0.3) is 0 Å². The van der Waals surface area contributed by atoms with Crippen LogP contribution >= 0.6 is 0 Å². The molecule has 1 aromatic rings. The standard InChI is InChI=1S/C20H30O4/c1-3-5-7-9-11-15-13-14-17(19(21)22)18(20(23)24)16(15)12-10-8-6-4-2/h13-14H,3-12H2,1-2H3,(H,21,22)(H,23,24). The van der Waals surface area contributed by atoms with Crippen LogP contribution in [0.15, 0.2) is 12.1 Å². The molecular weight excluding hydrogens is 304 g/mol. The van der Waals surface area contributed by atoms with Gasteiger partial charge in [-0.2, -0.15) is 0 Å². The Kier molecular flexibility index (Phi) is 9.13. The van der Waals surface area contributed by atoms with Crippen molar-refractivity contribution < 1.29 is 19.8 Å². The monoisotopic (exact) mass is 334 g/mol. The van der Waals surface area contributed by atoms with Crippen LogP contribution in [0.5, 0.6) is 0 Å². The van der Waals surface area contributed by atoms with E-state index in [-0.39, 0.29) is 11.1 Å². The smallest absolute Gasteiger partial charge is 0.336 e. The number of aryl methyl sites for hydroxylation is 1. The van der Waals surface area contributed by atoms with Gasteiger partial charge in [-0.3, -0.25) is 0 Å². The average Bonchev–Trinajstić information content (AvgIpc) is 2.55. The quantitative estimate of drug-likeness (QED) is 0.507. The number of carboxylic acids is 2. The topological polar surface area (TPSA) is 74.6 Å². The highest BCUT2D eigenvalue weighted by Crippen LogP contribution is 2.24. The van der Waals surface area contributed by atoms with Crippen molar-refractivity contribution in [3.05, 3.63) is 34.4 Å². The number of carbonyl (C=O) groups is 2. The lowest BCUT2D eigenvalue weighted by molar-refractivity contribution is 0.0650. The first-order valence-corrected chi connectivity index (χ1v) is 9.14. The second kappa shape index (κ2) is 10.8. The highest BCUT2D eigenvalue weighted by atomic mass is 16.4. The Hall–Kier alpha value is -1.84. The highest BCUT2D eigenvalue weighted by molar-refractivity contribution is 6.03. The largest absolute Gasteiger partial charge is 0.478 e. The zero-order valence-corrected chi connectivity index (χ0v) is 14.9. The van der Waals surface area contributed by atoms with Crippen LogP contribution < -0.4 is 0 Å². The number of hydrogen-bond donors (Lipinski definition) is 2. The molecule has 0 saturated heterocycles. The summed E-state index contributed by atoms with van der Waals surface area (Å²) in [6, 6.07) is 3.27. The van der Waals surface area contributed by atoms with Crippen molar-refractivity contribution in [1.82, 2.24) is 0 Å². The molecule has 24 heavy (non-hydrogen) atoms. The van der Waals surface area contributed by atoms with Crippen LogP contribution in [-0.2, 0) is 12.8 Å². The predicted molar refractivity (Wildman–Crippen MR) is 96.1 cm³/mol. The van der Waals surface area contributed by atoms with Gasteiger partial charge in [-0.15, -0.1) is 0 Å². The van der Waals surface area contributed by atoms with Crippen molar-refractivity contribution >= 4 is 11.9 Å². The van der Waals surface area contributed by atoms with Crippen molar-refractivity contribution in [2.75, 3.05) is 0 Å². The maximum absolute atomic E-state index is 11.7. The number of unbranched alkanes of at least 4 members (excludes halogenated alkanes) is 6. The molecule has 0 saturated carbocycles. The predicted octanol–water partition coefficient (Wildman–Crippen LogP) is 5.33. The minimum absolute atomic E-state index is 0.00742. The van der Waals surface area contributed by atoms with E-state index in [9.17, 15) is 19.8 Å². The van der Waals surface area contributed by atoms with Gasteiger partial charge < -0.3 is 10.2 Å². The Morgan fingerprint density at radius 2 is 1.38 bits per heavy atom. The normalized spacial score (nSPS) is 10.8. The van der Waals surface area contributed by atoms with Crippen LogP contribution in [0.3, 0.4) is 0 Å². The van der Waals surface area contributed by atoms with E-state index in [1.807, 2.05) is 6.07 Å². The summed E-state index contributed by atoms with van der Waals surface area (Å²) in [7, 11) is 0. The summed E-state index contributed by atoms with van der Waals surface area (Å²) in [5.74, 6) is -2.30. The van der Waals surface area contributed by atoms with Crippen molar-refractivity contribution in [2.45, 2.75) is 78.1 Å². The zero-order valence-electron chi connectivity index (χ0n) is 14.9. The van der Waals surface area contributed by atoms with Crippen LogP contribution in [0, 0.1) is 0 Å². The third kappa shape index (κ3) is 5.99. The average molecular weight is 334 g/mol. The summed E-state index contributed by atoms with van der Waals surface area (Å²) in [5.41, 5.74) is 1.64. The molecule has 0 bridgehead atoms. The van der Waals surface area contributed by atoms with Gasteiger partial charge in [0.15, 0.2) is 0 Å². The first-order valence-electron chi connectivity index (χ1n) is 9.14. The fraction of sp³-hybridized carbons (Fsp3) is 0.600. The molecule has 0 atom stereocenters. The highest BCUT2D eigenvalue weighted by Gasteiger charge is 2.22. The van der Waals surface area contributed by atoms with Crippen LogP contribution in [0.2, 0.25) is 0 Å². The Balaban J connectivity index is 3.08. The summed E-state index contributed by atoms with van der Waals surface area (Å²) >= 11 is 0. The molecule has 0 aliphatic carbocycles. The molecule has 0 aliphatic rings. The molecule has 0 aromatic heterocycles. The van der Waals surface area contributed by atoms with E-state index in [1.165, 1.54) is 12.5 Å². The number of aromatic carboxylic acids is 2. The first-order chi connectivity index (χ1) is 11.5. The molecule has 134 valence electrons. The molecule has 4 heteroatoms. The van der Waals surface area contributed by atoms with E-state index < -0.39 is 11.9 Å². The lowest BCUT2D eigenvalue weighted by atomic mass is 9.89. The minimum Gasteiger partial charge on any atom is -0.478 e. The Labute approximate surface area is 144 Å². The lowest BCUT2D eigenvalue weighted by Crippen LogP contribution is -2.14. The molecule has 0 radical (unpaired) electrons. The van der Waals surface area contributed by atoms with Crippen molar-refractivity contribution in [2.24, 2.45) is 0 Å². The van der Waals surface area contributed by atoms with Gasteiger partial charge in [-0.25, -0.2) is 9.59 Å². The Morgan fingerprint density at radius 3 is 1.88 bits per heavy atom. The minimum atomic E-state index is -1.17. The van der Waals surface area contributed by atoms with E-state index in [4.69, 9.17) is 0 Å². The molecule has 0 spiro atoms. The second-order valence-electron chi connectivity index (χ2n) is 6.36.